The molecule has 0 aromatic heterocycles. The van der Waals surface area contributed by atoms with Gasteiger partial charge in [0.1, 0.15) is 5.60 Å². The quantitative estimate of drug-likeness (QED) is 0.731. The fraction of sp³-hybridized carbons (Fsp3) is 0.471. The molecule has 0 amide bonds. The number of ketones is 1. The Balaban J connectivity index is 1.91. The van der Waals surface area contributed by atoms with Gasteiger partial charge in [-0.05, 0) is 50.2 Å². The second-order valence-corrected chi connectivity index (χ2v) is 6.93. The number of nitrogens with zero attached hydrogens (tertiary/aromatic N) is 1. The van der Waals surface area contributed by atoms with Gasteiger partial charge in [-0.25, -0.2) is 0 Å². The third-order valence-electron chi connectivity index (χ3n) is 6.14. The van der Waals surface area contributed by atoms with Crippen molar-refractivity contribution in [1.82, 2.24) is 4.90 Å². The van der Waals surface area contributed by atoms with E-state index in [1.165, 1.54) is 6.08 Å². The van der Waals surface area contributed by atoms with E-state index in [0.29, 0.717) is 18.6 Å². The summed E-state index contributed by atoms with van der Waals surface area (Å²) < 4.78 is 5.89. The largest absolute Gasteiger partial charge is 0.504 e. The van der Waals surface area contributed by atoms with Gasteiger partial charge in [-0.3, -0.25) is 9.69 Å². The molecule has 1 spiro atoms. The van der Waals surface area contributed by atoms with Crippen LogP contribution in [-0.2, 0) is 16.6 Å². The molecule has 2 unspecified atom stereocenters. The lowest BCUT2D eigenvalue weighted by Crippen LogP contribution is -2.74. The molecule has 0 saturated carbocycles. The summed E-state index contributed by atoms with van der Waals surface area (Å²) in [4.78, 5) is 14.6. The number of ether oxygens (including phenoxy) is 1. The number of rotatable bonds is 0. The molecule has 2 aliphatic heterocycles. The molecule has 0 radical (unpaired) electrons. The fourth-order valence-corrected chi connectivity index (χ4v) is 5.13. The maximum atomic E-state index is 12.4. The van der Waals surface area contributed by atoms with Crippen LogP contribution in [0.25, 0.3) is 0 Å². The monoisotopic (exact) mass is 299 g/mol. The average molecular weight is 299 g/mol. The zero-order valence-electron chi connectivity index (χ0n) is 12.2. The summed E-state index contributed by atoms with van der Waals surface area (Å²) in [7, 11) is 2.01. The molecule has 5 nitrogen and oxygen atoms in total. The SMILES string of the molecule is CN1CCC23c4c5ccc(O)c4O[C@H]2C(=O)C=C[C@@]3(O)C1C5. The smallest absolute Gasteiger partial charge is 0.196 e. The van der Waals surface area contributed by atoms with Crippen LogP contribution in [0.5, 0.6) is 11.5 Å². The van der Waals surface area contributed by atoms with Crippen molar-refractivity contribution in [3.8, 4) is 11.5 Å². The first kappa shape index (κ1) is 12.7. The second-order valence-electron chi connectivity index (χ2n) is 6.93. The molecule has 1 aromatic rings. The van der Waals surface area contributed by atoms with E-state index < -0.39 is 17.1 Å². The minimum atomic E-state index is -1.13. The summed E-state index contributed by atoms with van der Waals surface area (Å²) in [6, 6.07) is 3.44. The summed E-state index contributed by atoms with van der Waals surface area (Å²) in [6.07, 6.45) is 3.70. The van der Waals surface area contributed by atoms with Crippen molar-refractivity contribution in [2.75, 3.05) is 13.6 Å². The van der Waals surface area contributed by atoms with Gasteiger partial charge in [-0.15, -0.1) is 0 Å². The number of hydrogen-bond acceptors (Lipinski definition) is 5. The van der Waals surface area contributed by atoms with E-state index in [2.05, 4.69) is 4.90 Å². The van der Waals surface area contributed by atoms with Crippen LogP contribution in [0, 0.1) is 0 Å². The van der Waals surface area contributed by atoms with Crippen LogP contribution in [0.3, 0.4) is 0 Å². The molecule has 4 atom stereocenters. The summed E-state index contributed by atoms with van der Waals surface area (Å²) >= 11 is 0. The second kappa shape index (κ2) is 3.55. The van der Waals surface area contributed by atoms with Crippen LogP contribution >= 0.6 is 0 Å². The Morgan fingerprint density at radius 1 is 1.41 bits per heavy atom. The Labute approximate surface area is 127 Å². The molecular formula is C17H17NO4. The van der Waals surface area contributed by atoms with Gasteiger partial charge in [0.25, 0.3) is 0 Å². The minimum Gasteiger partial charge on any atom is -0.504 e. The van der Waals surface area contributed by atoms with Gasteiger partial charge in [-0.1, -0.05) is 6.07 Å². The lowest BCUT2D eigenvalue weighted by Gasteiger charge is -2.60. The molecule has 5 heteroatoms. The molecule has 22 heavy (non-hydrogen) atoms. The molecule has 2 heterocycles. The van der Waals surface area contributed by atoms with Crippen molar-refractivity contribution < 1.29 is 19.7 Å². The lowest BCUT2D eigenvalue weighted by molar-refractivity contribution is -0.151. The van der Waals surface area contributed by atoms with Crippen molar-refractivity contribution in [3.05, 3.63) is 35.4 Å². The highest BCUT2D eigenvalue weighted by atomic mass is 16.5. The van der Waals surface area contributed by atoms with E-state index >= 15 is 0 Å². The van der Waals surface area contributed by atoms with E-state index in [1.54, 1.807) is 12.1 Å². The van der Waals surface area contributed by atoms with Gasteiger partial charge in [0.2, 0.25) is 0 Å². The molecule has 1 fully saturated rings. The predicted octanol–water partition coefficient (Wildman–Crippen LogP) is 0.521. The highest BCUT2D eigenvalue weighted by molar-refractivity contribution is 5.99. The number of aliphatic hydroxyl groups is 1. The van der Waals surface area contributed by atoms with Gasteiger partial charge in [-0.2, -0.15) is 0 Å². The van der Waals surface area contributed by atoms with E-state index in [0.717, 1.165) is 17.7 Å². The third kappa shape index (κ3) is 1.08. The van der Waals surface area contributed by atoms with Crippen molar-refractivity contribution in [2.45, 2.75) is 36.0 Å². The van der Waals surface area contributed by atoms with E-state index in [1.807, 2.05) is 13.1 Å². The summed E-state index contributed by atoms with van der Waals surface area (Å²) in [6.45, 7) is 0.794. The molecule has 114 valence electrons. The zero-order chi connectivity index (χ0) is 15.3. The average Bonchev–Trinajstić information content (AvgIpc) is 2.85. The van der Waals surface area contributed by atoms with Crippen molar-refractivity contribution in [2.24, 2.45) is 0 Å². The van der Waals surface area contributed by atoms with Crippen molar-refractivity contribution in [1.29, 1.82) is 0 Å². The first-order valence-electron chi connectivity index (χ1n) is 7.67. The number of likely N-dealkylation sites (N-methyl/N-ethyl adjacent to an activating group) is 1. The Bertz CT molecular complexity index is 757. The Morgan fingerprint density at radius 3 is 3.05 bits per heavy atom. The van der Waals surface area contributed by atoms with Gasteiger partial charge < -0.3 is 14.9 Å². The highest BCUT2D eigenvalue weighted by Crippen LogP contribution is 2.63. The fourth-order valence-electron chi connectivity index (χ4n) is 5.13. The van der Waals surface area contributed by atoms with Crippen LogP contribution in [0.15, 0.2) is 24.3 Å². The standard InChI is InChI=1S/C17H17NO4/c1-18-7-6-16-13-9-2-3-10(19)14(13)22-15(16)11(20)4-5-17(16,21)12(18)8-9/h2-5,12,15,19,21H,6-8H2,1H3/t12?,15-,16?,17+/m0/s1. The number of carbonyl (C=O) groups excluding carboxylic acids is 1. The number of phenolic OH excluding ortho intramolecular Hbond substituents is 1. The molecule has 5 rings (SSSR count). The highest BCUT2D eigenvalue weighted by Gasteiger charge is 2.71. The number of benzene rings is 1. The molecule has 4 aliphatic rings. The van der Waals surface area contributed by atoms with Crippen LogP contribution in [-0.4, -0.2) is 52.2 Å². The molecule has 2 bridgehead atoms. The third-order valence-corrected chi connectivity index (χ3v) is 6.14. The Morgan fingerprint density at radius 2 is 2.23 bits per heavy atom. The van der Waals surface area contributed by atoms with Crippen LogP contribution in [0.4, 0.5) is 0 Å². The van der Waals surface area contributed by atoms with Crippen LogP contribution in [0.1, 0.15) is 17.5 Å². The number of likely N-dealkylation sites (tertiary alicyclic amines) is 1. The first-order chi connectivity index (χ1) is 10.5. The van der Waals surface area contributed by atoms with Gasteiger partial charge in [0.15, 0.2) is 23.4 Å². The number of aromatic hydroxyl groups is 1. The molecule has 2 N–H and O–H groups in total. The number of hydrogen-bond donors (Lipinski definition) is 2. The number of piperidine rings is 1. The van der Waals surface area contributed by atoms with E-state index in [9.17, 15) is 15.0 Å². The number of phenols is 1. The van der Waals surface area contributed by atoms with Crippen molar-refractivity contribution >= 4 is 5.78 Å². The summed E-state index contributed by atoms with van der Waals surface area (Å²) in [5.41, 5.74) is 0.0177. The Hall–Kier alpha value is -1.85. The van der Waals surface area contributed by atoms with Crippen LogP contribution in [0.2, 0.25) is 0 Å². The van der Waals surface area contributed by atoms with Crippen LogP contribution < -0.4 is 4.74 Å². The van der Waals surface area contributed by atoms with Gasteiger partial charge in [0, 0.05) is 11.6 Å². The number of carbonyl (C=O) groups is 1. The summed E-state index contributed by atoms with van der Waals surface area (Å²) in [5.74, 6) is 0.312. The first-order valence-corrected chi connectivity index (χ1v) is 7.67. The van der Waals surface area contributed by atoms with E-state index in [4.69, 9.17) is 4.74 Å². The normalized spacial score (nSPS) is 41.3. The maximum Gasteiger partial charge on any atom is 0.196 e. The van der Waals surface area contributed by atoms with Crippen molar-refractivity contribution in [3.63, 3.8) is 0 Å². The minimum absolute atomic E-state index is 0.0510. The Kier molecular flexibility index (Phi) is 2.04. The van der Waals surface area contributed by atoms with Gasteiger partial charge >= 0.3 is 0 Å². The lowest BCUT2D eigenvalue weighted by atomic mass is 9.51. The van der Waals surface area contributed by atoms with Gasteiger partial charge in [0.05, 0.1) is 5.41 Å². The molecule has 1 saturated heterocycles. The summed E-state index contributed by atoms with van der Waals surface area (Å²) in [5, 5.41) is 21.7. The topological polar surface area (TPSA) is 70.0 Å². The zero-order valence-corrected chi connectivity index (χ0v) is 12.2. The molecule has 2 aliphatic carbocycles. The molecule has 1 aromatic carbocycles. The maximum absolute atomic E-state index is 12.4. The predicted molar refractivity (Wildman–Crippen MR) is 78.0 cm³/mol. The molecular weight excluding hydrogens is 282 g/mol. The van der Waals surface area contributed by atoms with E-state index in [-0.39, 0.29) is 17.6 Å².